The summed E-state index contributed by atoms with van der Waals surface area (Å²) in [6.45, 7) is 9.37. The largest absolute Gasteiger partial charge is 0.458 e. The van der Waals surface area contributed by atoms with Gasteiger partial charge in [0.1, 0.15) is 23.0 Å². The fraction of sp³-hybridized carbons (Fsp3) is 0.0959. The first-order valence-corrected chi connectivity index (χ1v) is 28.7. The molecule has 0 unspecified atom stereocenters. The highest BCUT2D eigenvalue weighted by molar-refractivity contribution is 7.02. The van der Waals surface area contributed by atoms with Crippen molar-refractivity contribution in [3.8, 4) is 23.0 Å². The van der Waals surface area contributed by atoms with Gasteiger partial charge >= 0.3 is 0 Å². The first-order chi connectivity index (χ1) is 39.7. The number of nitrogens with zero attached hydrogens (tertiary/aromatic N) is 4. The molecule has 4 aliphatic heterocycles. The topological polar surface area (TPSA) is 33.8 Å². The van der Waals surface area contributed by atoms with Crippen molar-refractivity contribution in [3.05, 3.63) is 217 Å². The molecular weight excluding hydrogens is 986 g/mol. The van der Waals surface area contributed by atoms with Crippen LogP contribution in [0.5, 0.6) is 23.0 Å². The van der Waals surface area contributed by atoms with Crippen molar-refractivity contribution < 1.29 is 9.47 Å². The van der Waals surface area contributed by atoms with E-state index in [4.69, 9.17) is 9.47 Å². The summed E-state index contributed by atoms with van der Waals surface area (Å²) >= 11 is 0. The summed E-state index contributed by atoms with van der Waals surface area (Å²) in [5.41, 5.74) is 24.1. The minimum absolute atomic E-state index is 0.0307. The highest BCUT2D eigenvalue weighted by Crippen LogP contribution is 2.58. The summed E-state index contributed by atoms with van der Waals surface area (Å²) in [6.07, 6.45) is 1.06. The lowest BCUT2D eigenvalue weighted by molar-refractivity contribution is 0.402. The Balaban J connectivity index is 1.00. The summed E-state index contributed by atoms with van der Waals surface area (Å²) < 4.78 is 20.4. The lowest BCUT2D eigenvalue weighted by Gasteiger charge is -2.45. The highest BCUT2D eigenvalue weighted by Gasteiger charge is 2.52. The van der Waals surface area contributed by atoms with Crippen LogP contribution in [0.4, 0.5) is 34.1 Å². The number of aromatic nitrogens is 2. The first kappa shape index (κ1) is 43.3. The highest BCUT2D eigenvalue weighted by atomic mass is 16.5. The van der Waals surface area contributed by atoms with E-state index >= 15 is 0 Å². The van der Waals surface area contributed by atoms with Crippen LogP contribution in [0.15, 0.2) is 206 Å². The molecule has 0 N–H and O–H groups in total. The minimum Gasteiger partial charge on any atom is -0.458 e. The maximum atomic E-state index is 7.84. The first-order valence-electron chi connectivity index (χ1n) is 28.7. The molecule has 0 spiro atoms. The van der Waals surface area contributed by atoms with Gasteiger partial charge in [-0.1, -0.05) is 167 Å². The number of para-hydroxylation sites is 7. The van der Waals surface area contributed by atoms with Crippen molar-refractivity contribution in [2.24, 2.45) is 0 Å². The molecule has 0 bridgehead atoms. The Morgan fingerprint density at radius 1 is 0.370 bits per heavy atom. The maximum Gasteiger partial charge on any atom is 0.256 e. The van der Waals surface area contributed by atoms with Gasteiger partial charge in [0.2, 0.25) is 0 Å². The number of hydrogen-bond acceptors (Lipinski definition) is 4. The molecule has 0 atom stereocenters. The average molecular weight is 1030 g/mol. The molecule has 0 amide bonds. The number of ether oxygens (including phenoxy) is 2. The predicted molar refractivity (Wildman–Crippen MR) is 338 cm³/mol. The van der Waals surface area contributed by atoms with Crippen molar-refractivity contribution in [1.82, 2.24) is 8.80 Å². The number of hydrogen-bond donors (Lipinski definition) is 0. The molecule has 0 saturated heterocycles. The van der Waals surface area contributed by atoms with Crippen LogP contribution in [0.3, 0.4) is 0 Å². The standard InChI is InChI=1S/C73H48B2N4O2/c1-72(2)39-73(3,4)47-36-59-51(35-46(47)72)75-50-37-49-56(38-57(50)77(41-23-9-6-10-24-41)69-61-43-26-12-17-31-53(43)79-55-33-19-14-28-45(55)63(67(61)79)71(81-59)65(69)75)76(40-21-7-5-8-22-40)68-60-42-25-11-16-30-52(42)78-54-32-18-13-27-44(54)62(66(60)78)70-64(68)74(49)48-29-15-20-34-58(48)80-70/h5-38H,39H2,1-4H3. The third-order valence-corrected chi connectivity index (χ3v) is 19.8. The zero-order valence-corrected chi connectivity index (χ0v) is 45.1. The van der Waals surface area contributed by atoms with Crippen molar-refractivity contribution >= 4 is 157 Å². The third-order valence-electron chi connectivity index (χ3n) is 19.8. The van der Waals surface area contributed by atoms with Crippen LogP contribution < -0.4 is 52.1 Å². The van der Waals surface area contributed by atoms with E-state index in [1.54, 1.807) is 0 Å². The Kier molecular flexibility index (Phi) is 7.68. The Morgan fingerprint density at radius 2 is 0.778 bits per heavy atom. The summed E-state index contributed by atoms with van der Waals surface area (Å²) in [5, 5.41) is 9.69. The lowest BCUT2D eigenvalue weighted by Crippen LogP contribution is -2.64. The third kappa shape index (κ3) is 5.04. The molecule has 20 rings (SSSR count). The zero-order valence-electron chi connectivity index (χ0n) is 45.1. The van der Waals surface area contributed by atoms with Gasteiger partial charge in [-0.3, -0.25) is 0 Å². The van der Waals surface area contributed by atoms with Crippen LogP contribution in [-0.2, 0) is 10.8 Å². The number of benzene rings is 11. The van der Waals surface area contributed by atoms with E-state index in [1.165, 1.54) is 126 Å². The van der Waals surface area contributed by atoms with Crippen LogP contribution in [0, 0.1) is 0 Å². The molecule has 8 heteroatoms. The summed E-state index contributed by atoms with van der Waals surface area (Å²) in [6, 6.07) is 77.4. The minimum atomic E-state index is -0.189. The van der Waals surface area contributed by atoms with Crippen molar-refractivity contribution in [2.45, 2.75) is 44.9 Å². The van der Waals surface area contributed by atoms with Gasteiger partial charge in [0.05, 0.1) is 55.2 Å². The van der Waals surface area contributed by atoms with Crippen molar-refractivity contribution in [1.29, 1.82) is 0 Å². The Hall–Kier alpha value is -9.65. The van der Waals surface area contributed by atoms with E-state index in [0.29, 0.717) is 0 Å². The molecule has 0 saturated carbocycles. The van der Waals surface area contributed by atoms with Crippen molar-refractivity contribution in [2.75, 3.05) is 9.80 Å². The van der Waals surface area contributed by atoms with Gasteiger partial charge in [0.15, 0.2) is 0 Å². The normalized spacial score (nSPS) is 15.9. The van der Waals surface area contributed by atoms with Gasteiger partial charge in [-0.25, -0.2) is 0 Å². The molecule has 0 fully saturated rings. The Morgan fingerprint density at radius 3 is 1.28 bits per heavy atom. The van der Waals surface area contributed by atoms with E-state index in [1.807, 2.05) is 0 Å². The predicted octanol–water partition coefficient (Wildman–Crippen LogP) is 14.8. The molecule has 378 valence electrons. The second kappa shape index (κ2) is 14.4. The van der Waals surface area contributed by atoms with Gasteiger partial charge in [-0.05, 0) is 128 Å². The molecule has 6 nitrogen and oxygen atoms in total. The lowest BCUT2D eigenvalue weighted by atomic mass is 9.30. The zero-order chi connectivity index (χ0) is 53.1. The fourth-order valence-corrected chi connectivity index (χ4v) is 17.1. The summed E-state index contributed by atoms with van der Waals surface area (Å²) in [4.78, 5) is 5.23. The number of fused-ring (bicyclic) bond motifs is 25. The summed E-state index contributed by atoms with van der Waals surface area (Å²) in [5.74, 6) is 3.75. The maximum absolute atomic E-state index is 7.84. The van der Waals surface area contributed by atoms with Crippen LogP contribution in [0.2, 0.25) is 0 Å². The van der Waals surface area contributed by atoms with E-state index in [9.17, 15) is 0 Å². The number of anilines is 6. The SMILES string of the molecule is CC1(C)CC(C)(C)c2cc3c(cc21)Oc1c2c(c4c5ccccc5n5c6ccccc6c1c45)N(c1ccccc1)c1cc4c(cc1B32)B1c2ccccc2Oc2c1c(c1c3ccccc3n3c5ccccc5c2c13)N4c1ccccc1. The second-order valence-electron chi connectivity index (χ2n) is 24.9. The molecule has 4 aromatic heterocycles. The molecule has 1 aliphatic carbocycles. The van der Waals surface area contributed by atoms with Gasteiger partial charge in [-0.2, -0.15) is 0 Å². The Labute approximate surface area is 467 Å². The molecular formula is C73H48B2N4O2. The molecule has 8 heterocycles. The monoisotopic (exact) mass is 1030 g/mol. The average Bonchev–Trinajstić information content (AvgIpc) is 2.14. The summed E-state index contributed by atoms with van der Waals surface area (Å²) in [7, 11) is 0. The second-order valence-corrected chi connectivity index (χ2v) is 24.9. The van der Waals surface area contributed by atoms with Crippen LogP contribution >= 0.6 is 0 Å². The van der Waals surface area contributed by atoms with Gasteiger partial charge in [-0.15, -0.1) is 0 Å². The molecule has 11 aromatic carbocycles. The van der Waals surface area contributed by atoms with Gasteiger partial charge in [0.25, 0.3) is 13.4 Å². The van der Waals surface area contributed by atoms with Crippen LogP contribution in [0.1, 0.15) is 45.2 Å². The number of rotatable bonds is 2. The molecule has 81 heavy (non-hydrogen) atoms. The van der Waals surface area contributed by atoms with E-state index in [2.05, 4.69) is 253 Å². The van der Waals surface area contributed by atoms with Crippen LogP contribution in [-0.4, -0.2) is 22.2 Å². The molecule has 0 radical (unpaired) electrons. The van der Waals surface area contributed by atoms with Gasteiger partial charge in [0, 0.05) is 55.1 Å². The molecule has 5 aliphatic rings. The smallest absolute Gasteiger partial charge is 0.256 e. The quantitative estimate of drug-likeness (QED) is 0.162. The van der Waals surface area contributed by atoms with Crippen molar-refractivity contribution in [3.63, 3.8) is 0 Å². The van der Waals surface area contributed by atoms with E-state index in [-0.39, 0.29) is 24.3 Å². The van der Waals surface area contributed by atoms with Gasteiger partial charge < -0.3 is 28.1 Å². The van der Waals surface area contributed by atoms with E-state index < -0.39 is 0 Å². The fourth-order valence-electron chi connectivity index (χ4n) is 17.1. The Bertz CT molecular complexity index is 5370. The van der Waals surface area contributed by atoms with Crippen LogP contribution in [0.25, 0.3) is 76.2 Å². The van der Waals surface area contributed by atoms with E-state index in [0.717, 1.165) is 57.6 Å². The molecule has 15 aromatic rings.